The van der Waals surface area contributed by atoms with Gasteiger partial charge in [0.15, 0.2) is 13.1 Å². The van der Waals surface area contributed by atoms with E-state index in [9.17, 15) is 0 Å². The Hall–Kier alpha value is -1.82. The van der Waals surface area contributed by atoms with Gasteiger partial charge < -0.3 is 9.47 Å². The van der Waals surface area contributed by atoms with Crippen molar-refractivity contribution in [2.45, 2.75) is 26.7 Å². The topological polar surface area (TPSA) is 34.4 Å². The highest BCUT2D eigenvalue weighted by Gasteiger charge is 2.16. The molecule has 4 nitrogen and oxygen atoms in total. The summed E-state index contributed by atoms with van der Waals surface area (Å²) >= 11 is 1.84. The third-order valence-electron chi connectivity index (χ3n) is 4.92. The highest BCUT2D eigenvalue weighted by molar-refractivity contribution is 7.21. The zero-order valence-corrected chi connectivity index (χ0v) is 17.6. The number of aryl methyl sites for hydroxylation is 2. The quantitative estimate of drug-likeness (QED) is 0.439. The molecule has 0 radical (unpaired) electrons. The number of ether oxygens (including phenoxy) is 2. The molecule has 0 spiro atoms. The van der Waals surface area contributed by atoms with E-state index in [2.05, 4.69) is 48.8 Å². The van der Waals surface area contributed by atoms with Crippen LogP contribution in [-0.2, 0) is 22.3 Å². The Morgan fingerprint density at radius 2 is 1.67 bits per heavy atom. The molecule has 3 rings (SSSR count). The van der Waals surface area contributed by atoms with Gasteiger partial charge in [0.25, 0.3) is 0 Å². The maximum atomic E-state index is 5.31. The van der Waals surface area contributed by atoms with Gasteiger partial charge in [-0.05, 0) is 30.0 Å². The molecule has 1 heterocycles. The molecule has 0 unspecified atom stereocenters. The molecule has 0 aromatic heterocycles. The summed E-state index contributed by atoms with van der Waals surface area (Å²) < 4.78 is 14.2. The number of methoxy groups -OCH3 is 2. The van der Waals surface area contributed by atoms with Gasteiger partial charge in [-0.25, -0.2) is 9.56 Å². The first-order valence-corrected chi connectivity index (χ1v) is 10.4. The molecule has 5 heteroatoms. The molecule has 1 aliphatic carbocycles. The fourth-order valence-corrected chi connectivity index (χ4v) is 4.48. The van der Waals surface area contributed by atoms with Gasteiger partial charge in [-0.15, -0.1) is 11.3 Å². The first-order valence-electron chi connectivity index (χ1n) is 9.63. The largest absolute Gasteiger partial charge is 0.378 e. The van der Waals surface area contributed by atoms with Gasteiger partial charge >= 0.3 is 0 Å². The van der Waals surface area contributed by atoms with Crippen molar-refractivity contribution >= 4 is 21.6 Å². The molecule has 1 aromatic carbocycles. The molecule has 1 aliphatic heterocycles. The smallest absolute Gasteiger partial charge is 0.201 e. The highest BCUT2D eigenvalue weighted by atomic mass is 32.1. The number of hydrogen-bond acceptors (Lipinski definition) is 4. The van der Waals surface area contributed by atoms with Crippen molar-refractivity contribution in [2.75, 3.05) is 40.5 Å². The van der Waals surface area contributed by atoms with Crippen LogP contribution >= 0.6 is 11.3 Å². The molecule has 0 N–H and O–H groups in total. The summed E-state index contributed by atoms with van der Waals surface area (Å²) in [6, 6.07) is 11.1. The zero-order valence-electron chi connectivity index (χ0n) is 16.7. The number of benzene rings is 2. The van der Waals surface area contributed by atoms with Gasteiger partial charge in [0.05, 0.1) is 20.8 Å². The second kappa shape index (κ2) is 9.40. The molecular weight excluding hydrogens is 356 g/mol. The van der Waals surface area contributed by atoms with Gasteiger partial charge in [-0.2, -0.15) is 0 Å². The molecular formula is C22H29N2O2S+. The van der Waals surface area contributed by atoms with Crippen molar-refractivity contribution < 1.29 is 9.47 Å². The van der Waals surface area contributed by atoms with Crippen LogP contribution < -0.4 is 9.93 Å². The van der Waals surface area contributed by atoms with Gasteiger partial charge in [-0.3, -0.25) is 0 Å². The van der Waals surface area contributed by atoms with Crippen LogP contribution in [0.3, 0.4) is 0 Å². The second-order valence-electron chi connectivity index (χ2n) is 6.61. The fraction of sp³-hybridized carbons (Fsp3) is 0.455. The first-order chi connectivity index (χ1) is 13.2. The summed E-state index contributed by atoms with van der Waals surface area (Å²) in [4.78, 5) is 6.33. The monoisotopic (exact) mass is 385 g/mol. The van der Waals surface area contributed by atoms with Crippen molar-refractivity contribution in [3.8, 4) is 10.6 Å². The first kappa shape index (κ1) is 19.9. The minimum atomic E-state index is 0.697. The number of nitrogens with zero attached hydrogens (tertiary/aromatic N) is 2. The standard InChI is InChI=1S/C22H29N2O2S/c1-5-16-8-7-9-19-21(16)23-22-17(6-2)14-18(15-20(22)27-19)24(10-12-25-3)11-13-26-4/h7-9,14-15H,5-6,10-13H2,1-4H3/q+1. The second-order valence-corrected chi connectivity index (χ2v) is 7.69. The normalized spacial score (nSPS) is 11.4. The third-order valence-corrected chi connectivity index (χ3v) is 6.00. The Kier molecular flexibility index (Phi) is 6.94. The predicted molar refractivity (Wildman–Crippen MR) is 114 cm³/mol. The van der Waals surface area contributed by atoms with Gasteiger partial charge in [0, 0.05) is 26.4 Å². The van der Waals surface area contributed by atoms with E-state index < -0.39 is 0 Å². The van der Waals surface area contributed by atoms with E-state index >= 15 is 0 Å². The lowest BCUT2D eigenvalue weighted by Crippen LogP contribution is -2.35. The summed E-state index contributed by atoms with van der Waals surface area (Å²) in [5, 5.41) is 1.22. The van der Waals surface area contributed by atoms with E-state index in [-0.39, 0.29) is 0 Å². The average molecular weight is 386 g/mol. The SMILES string of the molecule is CCc1cc(=[N+](CCOC)CCOC)cc2sc3cccc(CC)c3nc1-2. The van der Waals surface area contributed by atoms with Crippen molar-refractivity contribution in [3.63, 3.8) is 0 Å². The number of para-hydroxylation sites is 1. The minimum Gasteiger partial charge on any atom is -0.378 e. The van der Waals surface area contributed by atoms with Crippen LogP contribution in [0.2, 0.25) is 0 Å². The van der Waals surface area contributed by atoms with E-state index in [0.29, 0.717) is 13.2 Å². The number of hydrogen-bond donors (Lipinski definition) is 0. The van der Waals surface area contributed by atoms with Crippen LogP contribution in [0, 0.1) is 0 Å². The van der Waals surface area contributed by atoms with Crippen molar-refractivity contribution in [1.29, 1.82) is 0 Å². The summed E-state index contributed by atoms with van der Waals surface area (Å²) in [7, 11) is 3.49. The Labute approximate surface area is 165 Å². The van der Waals surface area contributed by atoms with Gasteiger partial charge in [0.1, 0.15) is 13.2 Å². The molecule has 0 atom stereocenters. The highest BCUT2D eigenvalue weighted by Crippen LogP contribution is 2.33. The number of rotatable bonds is 8. The van der Waals surface area contributed by atoms with Crippen LogP contribution in [0.15, 0.2) is 30.3 Å². The van der Waals surface area contributed by atoms with Crippen LogP contribution in [0.25, 0.3) is 20.8 Å². The molecule has 0 bridgehead atoms. The number of fused-ring (bicyclic) bond motifs is 2. The van der Waals surface area contributed by atoms with Crippen molar-refractivity contribution in [3.05, 3.63) is 46.8 Å². The van der Waals surface area contributed by atoms with Crippen LogP contribution in [0.1, 0.15) is 25.0 Å². The summed E-state index contributed by atoms with van der Waals surface area (Å²) in [5.41, 5.74) is 4.90. The average Bonchev–Trinajstić information content (AvgIpc) is 2.71. The molecule has 144 valence electrons. The molecule has 27 heavy (non-hydrogen) atoms. The minimum absolute atomic E-state index is 0.697. The van der Waals surface area contributed by atoms with Crippen LogP contribution in [-0.4, -0.2) is 45.5 Å². The van der Waals surface area contributed by atoms with E-state index in [1.807, 2.05) is 11.3 Å². The molecule has 2 aliphatic rings. The summed E-state index contributed by atoms with van der Waals surface area (Å²) in [6.45, 7) is 7.49. The van der Waals surface area contributed by atoms with Gasteiger partial charge in [0.2, 0.25) is 5.36 Å². The predicted octanol–water partition coefficient (Wildman–Crippen LogP) is 3.59. The van der Waals surface area contributed by atoms with Crippen LogP contribution in [0.5, 0.6) is 0 Å². The van der Waals surface area contributed by atoms with Gasteiger partial charge in [-0.1, -0.05) is 26.0 Å². The Morgan fingerprint density at radius 1 is 0.963 bits per heavy atom. The zero-order chi connectivity index (χ0) is 19.2. The maximum absolute atomic E-state index is 5.31. The maximum Gasteiger partial charge on any atom is 0.201 e. The lowest BCUT2D eigenvalue weighted by molar-refractivity contribution is 0.170. The molecule has 0 saturated carbocycles. The van der Waals surface area contributed by atoms with E-state index in [1.165, 1.54) is 26.1 Å². The molecule has 1 aromatic rings. The summed E-state index contributed by atoms with van der Waals surface area (Å²) in [6.07, 6.45) is 1.97. The fourth-order valence-electron chi connectivity index (χ4n) is 3.37. The van der Waals surface area contributed by atoms with Crippen molar-refractivity contribution in [1.82, 2.24) is 9.56 Å². The lowest BCUT2D eigenvalue weighted by Gasteiger charge is -2.12. The Balaban J connectivity index is 2.25. The van der Waals surface area contributed by atoms with E-state index in [0.717, 1.165) is 37.1 Å². The molecule has 0 amide bonds. The third kappa shape index (κ3) is 4.37. The van der Waals surface area contributed by atoms with Crippen molar-refractivity contribution in [2.24, 2.45) is 0 Å². The number of aromatic nitrogens is 1. The van der Waals surface area contributed by atoms with E-state index in [1.54, 1.807) is 14.2 Å². The molecule has 0 fully saturated rings. The summed E-state index contributed by atoms with van der Waals surface area (Å²) in [5.74, 6) is 0. The Morgan fingerprint density at radius 3 is 2.30 bits per heavy atom. The van der Waals surface area contributed by atoms with E-state index in [4.69, 9.17) is 14.5 Å². The Bertz CT molecular complexity index is 939. The lowest BCUT2D eigenvalue weighted by atomic mass is 10.1. The molecule has 0 saturated heterocycles. The van der Waals surface area contributed by atoms with Crippen LogP contribution in [0.4, 0.5) is 0 Å².